The van der Waals surface area contributed by atoms with Gasteiger partial charge in [-0.05, 0) is 34.9 Å². The molecule has 4 rings (SSSR count). The van der Waals surface area contributed by atoms with Crippen molar-refractivity contribution in [2.45, 2.75) is 24.9 Å². The number of rotatable bonds is 8. The molecule has 0 fully saturated rings. The number of benzene rings is 3. The molecule has 0 radical (unpaired) electrons. The molecule has 1 heterocycles. The highest BCUT2D eigenvalue weighted by Crippen LogP contribution is 2.25. The molecule has 3 aromatic rings. The van der Waals surface area contributed by atoms with E-state index in [2.05, 4.69) is 5.32 Å². The van der Waals surface area contributed by atoms with Crippen LogP contribution in [0.1, 0.15) is 27.0 Å². The number of sulfone groups is 1. The molecule has 0 aliphatic carbocycles. The lowest BCUT2D eigenvalue weighted by Gasteiger charge is -2.27. The molecule has 0 saturated carbocycles. The predicted molar refractivity (Wildman–Crippen MR) is 127 cm³/mol. The van der Waals surface area contributed by atoms with Gasteiger partial charge in [-0.15, -0.1) is 0 Å². The van der Waals surface area contributed by atoms with Gasteiger partial charge < -0.3 is 10.2 Å². The number of amides is 2. The van der Waals surface area contributed by atoms with Gasteiger partial charge in [-0.3, -0.25) is 9.59 Å². The number of halogens is 1. The normalized spacial score (nSPS) is 14.1. The van der Waals surface area contributed by atoms with E-state index in [1.165, 1.54) is 4.90 Å². The van der Waals surface area contributed by atoms with Crippen LogP contribution in [0.3, 0.4) is 0 Å². The van der Waals surface area contributed by atoms with Crippen molar-refractivity contribution in [1.29, 1.82) is 0 Å². The zero-order valence-corrected chi connectivity index (χ0v) is 19.4. The van der Waals surface area contributed by atoms with Crippen LogP contribution in [-0.4, -0.2) is 36.9 Å². The van der Waals surface area contributed by atoms with Gasteiger partial charge in [0.15, 0.2) is 9.84 Å². The molecule has 1 atom stereocenters. The Morgan fingerprint density at radius 3 is 2.30 bits per heavy atom. The van der Waals surface area contributed by atoms with Gasteiger partial charge >= 0.3 is 0 Å². The maximum absolute atomic E-state index is 13.2. The summed E-state index contributed by atoms with van der Waals surface area (Å²) in [6.45, 7) is 0.384. The van der Waals surface area contributed by atoms with E-state index in [4.69, 9.17) is 11.6 Å². The Labute approximate surface area is 198 Å². The van der Waals surface area contributed by atoms with E-state index in [0.29, 0.717) is 16.1 Å². The summed E-state index contributed by atoms with van der Waals surface area (Å²) in [6.07, 6.45) is 0. The highest BCUT2D eigenvalue weighted by Gasteiger charge is 2.38. The van der Waals surface area contributed by atoms with Crippen LogP contribution in [0.25, 0.3) is 0 Å². The van der Waals surface area contributed by atoms with Crippen LogP contribution in [0.4, 0.5) is 0 Å². The average Bonchev–Trinajstić information content (AvgIpc) is 3.14. The fourth-order valence-electron chi connectivity index (χ4n) is 3.87. The van der Waals surface area contributed by atoms with Crippen LogP contribution >= 0.6 is 11.6 Å². The Kier molecular flexibility index (Phi) is 6.81. The second-order valence-corrected chi connectivity index (χ2v) is 10.5. The monoisotopic (exact) mass is 482 g/mol. The van der Waals surface area contributed by atoms with Gasteiger partial charge in [0.05, 0.1) is 11.5 Å². The lowest BCUT2D eigenvalue weighted by molar-refractivity contribution is -0.125. The maximum Gasteiger partial charge on any atom is 0.255 e. The van der Waals surface area contributed by atoms with E-state index in [1.807, 2.05) is 18.2 Å². The van der Waals surface area contributed by atoms with Crippen LogP contribution < -0.4 is 5.32 Å². The smallest absolute Gasteiger partial charge is 0.255 e. The zero-order chi connectivity index (χ0) is 23.4. The van der Waals surface area contributed by atoms with E-state index in [9.17, 15) is 18.0 Å². The fourth-order valence-corrected chi connectivity index (χ4v) is 5.63. The van der Waals surface area contributed by atoms with Crippen LogP contribution in [0.2, 0.25) is 5.02 Å². The number of carbonyl (C=O) groups excluding carboxylic acids is 2. The molecule has 0 aromatic heterocycles. The van der Waals surface area contributed by atoms with E-state index < -0.39 is 27.5 Å². The van der Waals surface area contributed by atoms with E-state index in [-0.39, 0.29) is 24.7 Å². The minimum atomic E-state index is -3.69. The molecule has 1 aliphatic heterocycles. The van der Waals surface area contributed by atoms with Crippen LogP contribution in [0.5, 0.6) is 0 Å². The molecule has 8 heteroatoms. The summed E-state index contributed by atoms with van der Waals surface area (Å²) in [5.74, 6) is -1.52. The van der Waals surface area contributed by atoms with Crippen molar-refractivity contribution < 1.29 is 18.0 Å². The number of fused-ring (bicyclic) bond motifs is 1. The van der Waals surface area contributed by atoms with Crippen molar-refractivity contribution in [2.24, 2.45) is 0 Å². The Balaban J connectivity index is 1.56. The van der Waals surface area contributed by atoms with Gasteiger partial charge in [0, 0.05) is 23.7 Å². The van der Waals surface area contributed by atoms with Crippen molar-refractivity contribution in [2.75, 3.05) is 5.75 Å². The zero-order valence-electron chi connectivity index (χ0n) is 17.8. The van der Waals surface area contributed by atoms with Crippen LogP contribution in [-0.2, 0) is 33.5 Å². The summed E-state index contributed by atoms with van der Waals surface area (Å²) in [6, 6.07) is 21.7. The molecule has 2 amide bonds. The summed E-state index contributed by atoms with van der Waals surface area (Å²) < 4.78 is 26.1. The third-order valence-electron chi connectivity index (χ3n) is 5.55. The molecule has 6 nitrogen and oxygen atoms in total. The van der Waals surface area contributed by atoms with E-state index in [0.717, 1.165) is 11.1 Å². The van der Waals surface area contributed by atoms with Crippen molar-refractivity contribution in [3.63, 3.8) is 0 Å². The summed E-state index contributed by atoms with van der Waals surface area (Å²) >= 11 is 5.91. The molecule has 0 saturated heterocycles. The van der Waals surface area contributed by atoms with E-state index in [1.54, 1.807) is 60.7 Å². The topological polar surface area (TPSA) is 83.6 Å². The van der Waals surface area contributed by atoms with Crippen LogP contribution in [0.15, 0.2) is 78.9 Å². The average molecular weight is 483 g/mol. The lowest BCUT2D eigenvalue weighted by atomic mass is 10.1. The first-order chi connectivity index (χ1) is 15.8. The van der Waals surface area contributed by atoms with Crippen LogP contribution in [0, 0.1) is 0 Å². The molecule has 0 spiro atoms. The second kappa shape index (κ2) is 9.77. The molecule has 1 aliphatic rings. The number of carbonyl (C=O) groups is 2. The van der Waals surface area contributed by atoms with Crippen molar-refractivity contribution in [3.05, 3.63) is 106 Å². The second-order valence-electron chi connectivity index (χ2n) is 7.99. The first-order valence-corrected chi connectivity index (χ1v) is 12.7. The minimum Gasteiger partial charge on any atom is -0.350 e. The summed E-state index contributed by atoms with van der Waals surface area (Å²) in [5.41, 5.74) is 2.72. The number of hydrogen-bond donors (Lipinski definition) is 1. The molecular weight excluding hydrogens is 460 g/mol. The van der Waals surface area contributed by atoms with Crippen molar-refractivity contribution in [3.8, 4) is 0 Å². The van der Waals surface area contributed by atoms with Gasteiger partial charge in [0.25, 0.3) is 5.91 Å². The number of nitrogens with zero attached hydrogens (tertiary/aromatic N) is 1. The fraction of sp³-hybridized carbons (Fsp3) is 0.200. The quantitative estimate of drug-likeness (QED) is 0.531. The number of hydrogen-bond acceptors (Lipinski definition) is 4. The summed E-state index contributed by atoms with van der Waals surface area (Å²) in [7, 11) is -3.69. The maximum atomic E-state index is 13.2. The molecule has 0 unspecified atom stereocenters. The Bertz CT molecular complexity index is 1260. The molecule has 0 bridgehead atoms. The Hall–Kier alpha value is -3.16. The first kappa shape index (κ1) is 23.0. The third kappa shape index (κ3) is 5.61. The first-order valence-electron chi connectivity index (χ1n) is 10.5. The van der Waals surface area contributed by atoms with Crippen molar-refractivity contribution >= 4 is 33.3 Å². The van der Waals surface area contributed by atoms with E-state index >= 15 is 0 Å². The third-order valence-corrected chi connectivity index (χ3v) is 7.40. The predicted octanol–water partition coefficient (Wildman–Crippen LogP) is 3.60. The highest BCUT2D eigenvalue weighted by molar-refractivity contribution is 7.90. The standard InChI is InChI=1S/C25H23ClN2O4S/c26-21-12-10-18(11-13-21)14-27-24(29)23(17-33(31,32)16-19-6-2-1-3-7-19)28-15-20-8-4-5-9-22(20)25(28)30/h1-13,23H,14-17H2,(H,27,29)/t23-/m0/s1. The number of nitrogens with one attached hydrogen (secondary N) is 1. The van der Waals surface area contributed by atoms with Gasteiger partial charge in [-0.25, -0.2) is 8.42 Å². The molecule has 1 N–H and O–H groups in total. The van der Waals surface area contributed by atoms with Gasteiger partial charge in [-0.1, -0.05) is 72.3 Å². The largest absolute Gasteiger partial charge is 0.350 e. The minimum absolute atomic E-state index is 0.189. The van der Waals surface area contributed by atoms with Crippen molar-refractivity contribution in [1.82, 2.24) is 10.2 Å². The molecule has 170 valence electrons. The summed E-state index contributed by atoms with van der Waals surface area (Å²) in [4.78, 5) is 27.6. The Morgan fingerprint density at radius 1 is 0.939 bits per heavy atom. The lowest BCUT2D eigenvalue weighted by Crippen LogP contribution is -2.50. The molecule has 3 aromatic carbocycles. The van der Waals surface area contributed by atoms with Gasteiger partial charge in [-0.2, -0.15) is 0 Å². The van der Waals surface area contributed by atoms with Gasteiger partial charge in [0.2, 0.25) is 5.91 Å². The highest BCUT2D eigenvalue weighted by atomic mass is 35.5. The SMILES string of the molecule is O=C(NCc1ccc(Cl)cc1)[C@H](CS(=O)(=O)Cc1ccccc1)N1Cc2ccccc2C1=O. The molecular formula is C25H23ClN2O4S. The molecule has 33 heavy (non-hydrogen) atoms. The summed E-state index contributed by atoms with van der Waals surface area (Å²) in [5, 5.41) is 3.37. The van der Waals surface area contributed by atoms with Gasteiger partial charge in [0.1, 0.15) is 6.04 Å². The Morgan fingerprint density at radius 2 is 1.61 bits per heavy atom.